The summed E-state index contributed by atoms with van der Waals surface area (Å²) in [6, 6.07) is 7.36. The summed E-state index contributed by atoms with van der Waals surface area (Å²) >= 11 is 1.82. The highest BCUT2D eigenvalue weighted by Crippen LogP contribution is 2.40. The van der Waals surface area contributed by atoms with E-state index in [1.807, 2.05) is 34.4 Å². The molecule has 28 heavy (non-hydrogen) atoms. The van der Waals surface area contributed by atoms with E-state index in [-0.39, 0.29) is 5.91 Å². The zero-order valence-corrected chi connectivity index (χ0v) is 16.7. The molecule has 0 saturated carbocycles. The van der Waals surface area contributed by atoms with Crippen LogP contribution in [0.5, 0.6) is 5.75 Å². The number of fused-ring (bicyclic) bond motifs is 3. The summed E-state index contributed by atoms with van der Waals surface area (Å²) in [6.45, 7) is 2.95. The topological polar surface area (TPSA) is 58.6 Å². The second-order valence-electron chi connectivity index (χ2n) is 7.25. The Balaban J connectivity index is 1.35. The van der Waals surface area contributed by atoms with Crippen LogP contribution in [0.3, 0.4) is 0 Å². The first-order valence-electron chi connectivity index (χ1n) is 9.68. The maximum absolute atomic E-state index is 12.9. The molecule has 0 N–H and O–H groups in total. The largest absolute Gasteiger partial charge is 0.497 e. The first-order valence-corrected chi connectivity index (χ1v) is 10.5. The van der Waals surface area contributed by atoms with Gasteiger partial charge in [0.05, 0.1) is 12.5 Å². The summed E-state index contributed by atoms with van der Waals surface area (Å²) in [5.74, 6) is 1.81. The Hall–Kier alpha value is -2.67. The lowest BCUT2D eigenvalue weighted by molar-refractivity contribution is 0.0746. The number of methoxy groups -OCH3 is 1. The number of hydrogen-bond acceptors (Lipinski definition) is 6. The fourth-order valence-corrected chi connectivity index (χ4v) is 5.44. The number of amides is 1. The Morgan fingerprint density at radius 3 is 2.82 bits per heavy atom. The summed E-state index contributed by atoms with van der Waals surface area (Å²) < 4.78 is 5.24. The van der Waals surface area contributed by atoms with Crippen LogP contribution in [0, 0.1) is 0 Å². The lowest BCUT2D eigenvalue weighted by atomic mass is 10.1. The van der Waals surface area contributed by atoms with Crippen LogP contribution in [0.25, 0.3) is 10.2 Å². The average molecular weight is 395 g/mol. The molecule has 0 radical (unpaired) electrons. The molecule has 2 aliphatic rings. The SMILES string of the molecule is COc1cccc(C(=O)N2CCN(c3ncnc4sc5c(c34)CCC5)CC2)c1. The standard InChI is InChI=1S/C21H22N4O2S/c1-27-15-5-2-4-14(12-15)21(26)25-10-8-24(9-11-25)19-18-16-6-3-7-17(16)28-20(18)23-13-22-19/h2,4-5,12-13H,3,6-11H2,1H3. The predicted octanol–water partition coefficient (Wildman–Crippen LogP) is 3.15. The van der Waals surface area contributed by atoms with Crippen molar-refractivity contribution in [2.75, 3.05) is 38.2 Å². The van der Waals surface area contributed by atoms with E-state index in [1.165, 1.54) is 28.7 Å². The Kier molecular flexibility index (Phi) is 4.39. The predicted molar refractivity (Wildman–Crippen MR) is 111 cm³/mol. The molecule has 0 atom stereocenters. The Morgan fingerprint density at radius 2 is 2.00 bits per heavy atom. The molecule has 2 aromatic heterocycles. The van der Waals surface area contributed by atoms with Crippen molar-refractivity contribution in [3.63, 3.8) is 0 Å². The number of thiophene rings is 1. The van der Waals surface area contributed by atoms with Gasteiger partial charge in [-0.3, -0.25) is 4.79 Å². The highest BCUT2D eigenvalue weighted by molar-refractivity contribution is 7.19. The van der Waals surface area contributed by atoms with Gasteiger partial charge in [0.1, 0.15) is 22.7 Å². The van der Waals surface area contributed by atoms with Crippen LogP contribution in [0.2, 0.25) is 0 Å². The molecule has 0 spiro atoms. The van der Waals surface area contributed by atoms with E-state index in [2.05, 4.69) is 14.9 Å². The molecule has 1 aromatic carbocycles. The molecule has 0 unspecified atom stereocenters. The second kappa shape index (κ2) is 7.05. The van der Waals surface area contributed by atoms with Crippen LogP contribution in [-0.4, -0.2) is 54.1 Å². The molecule has 3 aromatic rings. The number of aromatic nitrogens is 2. The molecular weight excluding hydrogens is 372 g/mol. The number of nitrogens with zero attached hydrogens (tertiary/aromatic N) is 4. The Morgan fingerprint density at radius 1 is 1.14 bits per heavy atom. The third-order valence-electron chi connectivity index (χ3n) is 5.66. The smallest absolute Gasteiger partial charge is 0.254 e. The van der Waals surface area contributed by atoms with Crippen molar-refractivity contribution in [2.24, 2.45) is 0 Å². The fourth-order valence-electron chi connectivity index (χ4n) is 4.21. The second-order valence-corrected chi connectivity index (χ2v) is 8.33. The molecule has 6 nitrogen and oxygen atoms in total. The normalized spacial score (nSPS) is 16.5. The molecule has 1 aliphatic carbocycles. The van der Waals surface area contributed by atoms with Crippen molar-refractivity contribution < 1.29 is 9.53 Å². The monoisotopic (exact) mass is 394 g/mol. The number of hydrogen-bond donors (Lipinski definition) is 0. The summed E-state index contributed by atoms with van der Waals surface area (Å²) in [5.41, 5.74) is 2.12. The summed E-state index contributed by atoms with van der Waals surface area (Å²) in [7, 11) is 1.62. The van der Waals surface area contributed by atoms with Gasteiger partial charge in [-0.25, -0.2) is 9.97 Å². The van der Waals surface area contributed by atoms with Gasteiger partial charge in [-0.15, -0.1) is 11.3 Å². The van der Waals surface area contributed by atoms with Gasteiger partial charge in [-0.1, -0.05) is 6.07 Å². The van der Waals surface area contributed by atoms with E-state index in [1.54, 1.807) is 19.5 Å². The van der Waals surface area contributed by atoms with Gasteiger partial charge in [-0.05, 0) is 43.0 Å². The van der Waals surface area contributed by atoms with Crippen LogP contribution >= 0.6 is 11.3 Å². The lowest BCUT2D eigenvalue weighted by Gasteiger charge is -2.35. The third-order valence-corrected chi connectivity index (χ3v) is 6.86. The third kappa shape index (κ3) is 2.90. The molecule has 7 heteroatoms. The van der Waals surface area contributed by atoms with Gasteiger partial charge in [0, 0.05) is 36.6 Å². The minimum Gasteiger partial charge on any atom is -0.497 e. The number of anilines is 1. The zero-order chi connectivity index (χ0) is 19.1. The number of carbonyl (C=O) groups is 1. The molecular formula is C21H22N4O2S. The van der Waals surface area contributed by atoms with Gasteiger partial charge in [0.25, 0.3) is 5.91 Å². The molecule has 1 saturated heterocycles. The van der Waals surface area contributed by atoms with Crippen LogP contribution in [0.15, 0.2) is 30.6 Å². The van der Waals surface area contributed by atoms with E-state index in [4.69, 9.17) is 4.74 Å². The van der Waals surface area contributed by atoms with Gasteiger partial charge in [0.2, 0.25) is 0 Å². The lowest BCUT2D eigenvalue weighted by Crippen LogP contribution is -2.49. The number of benzene rings is 1. The van der Waals surface area contributed by atoms with E-state index >= 15 is 0 Å². The molecule has 1 amide bonds. The zero-order valence-electron chi connectivity index (χ0n) is 15.9. The summed E-state index contributed by atoms with van der Waals surface area (Å²) in [4.78, 5) is 28.8. The van der Waals surface area contributed by atoms with E-state index in [0.29, 0.717) is 24.4 Å². The van der Waals surface area contributed by atoms with Crippen molar-refractivity contribution in [3.05, 3.63) is 46.6 Å². The average Bonchev–Trinajstić information content (AvgIpc) is 3.34. The molecule has 144 valence electrons. The van der Waals surface area contributed by atoms with Crippen LogP contribution in [0.1, 0.15) is 27.2 Å². The molecule has 1 aliphatic heterocycles. The van der Waals surface area contributed by atoms with Crippen molar-refractivity contribution in [1.29, 1.82) is 0 Å². The Labute approximate surface area is 167 Å². The minimum absolute atomic E-state index is 0.0582. The van der Waals surface area contributed by atoms with Gasteiger partial charge < -0.3 is 14.5 Å². The number of ether oxygens (including phenoxy) is 1. The highest BCUT2D eigenvalue weighted by Gasteiger charge is 2.27. The van der Waals surface area contributed by atoms with Crippen LogP contribution in [-0.2, 0) is 12.8 Å². The minimum atomic E-state index is 0.0582. The molecule has 3 heterocycles. The molecule has 1 fully saturated rings. The number of aryl methyl sites for hydroxylation is 2. The number of rotatable bonds is 3. The molecule has 0 bridgehead atoms. The van der Waals surface area contributed by atoms with Gasteiger partial charge in [0.15, 0.2) is 0 Å². The first-order chi connectivity index (χ1) is 13.7. The van der Waals surface area contributed by atoms with Gasteiger partial charge in [-0.2, -0.15) is 0 Å². The van der Waals surface area contributed by atoms with Crippen molar-refractivity contribution in [2.45, 2.75) is 19.3 Å². The van der Waals surface area contributed by atoms with Crippen molar-refractivity contribution >= 4 is 33.3 Å². The van der Waals surface area contributed by atoms with Crippen LogP contribution in [0.4, 0.5) is 5.82 Å². The van der Waals surface area contributed by atoms with E-state index in [9.17, 15) is 4.79 Å². The van der Waals surface area contributed by atoms with E-state index < -0.39 is 0 Å². The quantitative estimate of drug-likeness (QED) is 0.683. The maximum atomic E-state index is 12.9. The fraction of sp³-hybridized carbons (Fsp3) is 0.381. The maximum Gasteiger partial charge on any atom is 0.254 e. The number of piperazine rings is 1. The number of carbonyl (C=O) groups excluding carboxylic acids is 1. The summed E-state index contributed by atoms with van der Waals surface area (Å²) in [5, 5.41) is 1.24. The van der Waals surface area contributed by atoms with Crippen molar-refractivity contribution in [3.8, 4) is 5.75 Å². The highest BCUT2D eigenvalue weighted by atomic mass is 32.1. The van der Waals surface area contributed by atoms with Gasteiger partial charge >= 0.3 is 0 Å². The van der Waals surface area contributed by atoms with Crippen molar-refractivity contribution in [1.82, 2.24) is 14.9 Å². The van der Waals surface area contributed by atoms with E-state index in [0.717, 1.165) is 30.2 Å². The summed E-state index contributed by atoms with van der Waals surface area (Å²) in [6.07, 6.45) is 5.20. The van der Waals surface area contributed by atoms with Crippen LogP contribution < -0.4 is 9.64 Å². The molecule has 5 rings (SSSR count). The Bertz CT molecular complexity index is 1040. The first kappa shape index (κ1) is 17.4.